The summed E-state index contributed by atoms with van der Waals surface area (Å²) in [7, 11) is -4.44. The molecule has 7 nitrogen and oxygen atoms in total. The molecule has 0 bridgehead atoms. The van der Waals surface area contributed by atoms with Crippen LogP contribution in [0.1, 0.15) is 21.3 Å². The highest BCUT2D eigenvalue weighted by atomic mass is 35.5. The topological polar surface area (TPSA) is 106 Å². The van der Waals surface area contributed by atoms with Gasteiger partial charge in [-0.15, -0.1) is 11.6 Å². The number of nitro benzene ring substituents is 1. The number of nitro groups is 1. The van der Waals surface area contributed by atoms with E-state index in [4.69, 9.17) is 11.6 Å². The van der Waals surface area contributed by atoms with Gasteiger partial charge in [0.05, 0.1) is 10.3 Å². The molecule has 0 aliphatic rings. The second-order valence-corrected chi connectivity index (χ2v) is 8.52. The number of alkyl halides is 1. The van der Waals surface area contributed by atoms with Crippen molar-refractivity contribution in [2.45, 2.75) is 16.3 Å². The summed E-state index contributed by atoms with van der Waals surface area (Å²) in [5, 5.41) is 10.2. The predicted octanol–water partition coefficient (Wildman–Crippen LogP) is 4.10. The average Bonchev–Trinajstić information content (AvgIpc) is 2.77. The number of carbonyl (C=O) groups excluding carboxylic acids is 1. The van der Waals surface area contributed by atoms with Crippen molar-refractivity contribution < 1.29 is 18.1 Å². The Hall–Kier alpha value is -3.07. The maximum atomic E-state index is 13.1. The fourth-order valence-electron chi connectivity index (χ4n) is 2.92. The smallest absolute Gasteiger partial charge is 0.289 e. The first-order chi connectivity index (χ1) is 14.3. The monoisotopic (exact) mass is 444 g/mol. The zero-order chi connectivity index (χ0) is 21.7. The number of carbonyl (C=O) groups is 1. The molecule has 0 heterocycles. The van der Waals surface area contributed by atoms with Gasteiger partial charge in [0.1, 0.15) is 6.04 Å². The van der Waals surface area contributed by atoms with Gasteiger partial charge in [0.25, 0.3) is 5.69 Å². The molecule has 0 aromatic heterocycles. The van der Waals surface area contributed by atoms with Crippen LogP contribution in [0.2, 0.25) is 0 Å². The van der Waals surface area contributed by atoms with Crippen molar-refractivity contribution in [1.29, 1.82) is 0 Å². The molecule has 1 N–H and O–H groups in total. The molecule has 0 fully saturated rings. The van der Waals surface area contributed by atoms with Gasteiger partial charge in [0.2, 0.25) is 10.0 Å². The quantitative estimate of drug-likeness (QED) is 0.243. The molecular formula is C21H17ClN2O5S. The molecule has 0 aliphatic carbocycles. The van der Waals surface area contributed by atoms with Crippen molar-refractivity contribution >= 4 is 33.1 Å². The first-order valence-corrected chi connectivity index (χ1v) is 10.8. The van der Waals surface area contributed by atoms with Crippen LogP contribution in [-0.2, 0) is 10.0 Å². The van der Waals surface area contributed by atoms with Gasteiger partial charge < -0.3 is 0 Å². The predicted molar refractivity (Wildman–Crippen MR) is 113 cm³/mol. The summed E-state index contributed by atoms with van der Waals surface area (Å²) in [4.78, 5) is 23.1. The molecule has 2 atom stereocenters. The van der Waals surface area contributed by atoms with Crippen LogP contribution in [0.3, 0.4) is 0 Å². The highest BCUT2D eigenvalue weighted by Crippen LogP contribution is 2.29. The lowest BCUT2D eigenvalue weighted by atomic mass is 9.98. The van der Waals surface area contributed by atoms with Crippen molar-refractivity contribution in [3.05, 3.63) is 106 Å². The molecule has 0 radical (unpaired) electrons. The third-order valence-corrected chi connectivity index (χ3v) is 6.38. The number of Topliss-reactive ketones (excluding diaryl/α,β-unsaturated/α-hetero) is 1. The Morgan fingerprint density at radius 2 is 1.43 bits per heavy atom. The minimum atomic E-state index is -4.44. The van der Waals surface area contributed by atoms with E-state index in [9.17, 15) is 23.3 Å². The van der Waals surface area contributed by atoms with Crippen LogP contribution in [0, 0.1) is 10.1 Å². The van der Waals surface area contributed by atoms with Crippen molar-refractivity contribution in [3.8, 4) is 0 Å². The summed E-state index contributed by atoms with van der Waals surface area (Å²) in [6, 6.07) is 20.2. The number of hydrogen-bond acceptors (Lipinski definition) is 5. The van der Waals surface area contributed by atoms with E-state index in [0.29, 0.717) is 5.56 Å². The summed E-state index contributed by atoms with van der Waals surface area (Å²) < 4.78 is 28.3. The first-order valence-electron chi connectivity index (χ1n) is 8.85. The highest BCUT2D eigenvalue weighted by Gasteiger charge is 2.35. The molecule has 0 saturated carbocycles. The Morgan fingerprint density at radius 3 is 2.03 bits per heavy atom. The standard InChI is InChI=1S/C21H17ClN2O5S/c22-19(15-9-3-1-4-10-15)20(21(25)16-11-5-2-6-12-16)23-30(28,29)18-14-8-7-13-17(18)24(26)27/h1-14,19-20,23H/t19-,20-/m1/s1. The molecule has 0 unspecified atom stereocenters. The molecule has 0 aliphatic heterocycles. The summed E-state index contributed by atoms with van der Waals surface area (Å²) >= 11 is 6.53. The van der Waals surface area contributed by atoms with Gasteiger partial charge in [-0.05, 0) is 11.6 Å². The van der Waals surface area contributed by atoms with Crippen LogP contribution < -0.4 is 4.72 Å². The molecule has 3 rings (SSSR count). The average molecular weight is 445 g/mol. The third-order valence-electron chi connectivity index (χ3n) is 4.39. The molecule has 0 spiro atoms. The van der Waals surface area contributed by atoms with Crippen molar-refractivity contribution in [1.82, 2.24) is 4.72 Å². The number of para-hydroxylation sites is 1. The maximum Gasteiger partial charge on any atom is 0.289 e. The van der Waals surface area contributed by atoms with E-state index >= 15 is 0 Å². The number of nitrogens with zero attached hydrogens (tertiary/aromatic N) is 1. The van der Waals surface area contributed by atoms with E-state index in [2.05, 4.69) is 4.72 Å². The van der Waals surface area contributed by atoms with Gasteiger partial charge in [-0.3, -0.25) is 14.9 Å². The molecule has 0 saturated heterocycles. The highest BCUT2D eigenvalue weighted by molar-refractivity contribution is 7.89. The molecule has 3 aromatic rings. The number of sulfonamides is 1. The lowest BCUT2D eigenvalue weighted by Crippen LogP contribution is -2.43. The SMILES string of the molecule is O=C(c1ccccc1)[C@H](NS(=O)(=O)c1ccccc1[N+](=O)[O-])[C@H](Cl)c1ccccc1. The number of halogens is 1. The van der Waals surface area contributed by atoms with Gasteiger partial charge in [0.15, 0.2) is 10.7 Å². The molecule has 3 aromatic carbocycles. The second kappa shape index (κ2) is 9.17. The van der Waals surface area contributed by atoms with E-state index in [1.54, 1.807) is 60.7 Å². The van der Waals surface area contributed by atoms with Crippen molar-refractivity contribution in [3.63, 3.8) is 0 Å². The molecular weight excluding hydrogens is 428 g/mol. The molecule has 9 heteroatoms. The van der Waals surface area contributed by atoms with Crippen LogP contribution >= 0.6 is 11.6 Å². The Kier molecular flexibility index (Phi) is 6.61. The number of hydrogen-bond donors (Lipinski definition) is 1. The molecule has 154 valence electrons. The van der Waals surface area contributed by atoms with Gasteiger partial charge >= 0.3 is 0 Å². The van der Waals surface area contributed by atoms with Crippen LogP contribution in [0.15, 0.2) is 89.8 Å². The van der Waals surface area contributed by atoms with E-state index < -0.39 is 42.7 Å². The van der Waals surface area contributed by atoms with Gasteiger partial charge in [-0.1, -0.05) is 72.8 Å². The van der Waals surface area contributed by atoms with Crippen LogP contribution in [-0.4, -0.2) is 25.2 Å². The number of ketones is 1. The van der Waals surface area contributed by atoms with Gasteiger partial charge in [-0.2, -0.15) is 4.72 Å². The minimum Gasteiger partial charge on any atom is -0.292 e. The van der Waals surface area contributed by atoms with Crippen LogP contribution in [0.25, 0.3) is 0 Å². The Bertz CT molecular complexity index is 1150. The summed E-state index contributed by atoms with van der Waals surface area (Å²) in [6.07, 6.45) is 0. The third kappa shape index (κ3) is 4.73. The lowest BCUT2D eigenvalue weighted by molar-refractivity contribution is -0.387. The fourth-order valence-corrected chi connectivity index (χ4v) is 4.70. The Balaban J connectivity index is 2.05. The number of rotatable bonds is 8. The summed E-state index contributed by atoms with van der Waals surface area (Å²) in [5.74, 6) is -0.554. The zero-order valence-electron chi connectivity index (χ0n) is 15.5. The molecule has 0 amide bonds. The fraction of sp³-hybridized carbons (Fsp3) is 0.0952. The Labute approximate surface area is 178 Å². The van der Waals surface area contributed by atoms with E-state index in [0.717, 1.165) is 12.1 Å². The second-order valence-electron chi connectivity index (χ2n) is 6.37. The number of nitrogens with one attached hydrogen (secondary N) is 1. The maximum absolute atomic E-state index is 13.1. The van der Waals surface area contributed by atoms with Crippen molar-refractivity contribution in [2.24, 2.45) is 0 Å². The van der Waals surface area contributed by atoms with Crippen molar-refractivity contribution in [2.75, 3.05) is 0 Å². The van der Waals surface area contributed by atoms with Crippen LogP contribution in [0.4, 0.5) is 5.69 Å². The van der Waals surface area contributed by atoms with E-state index in [1.165, 1.54) is 12.1 Å². The largest absolute Gasteiger partial charge is 0.292 e. The summed E-state index contributed by atoms with van der Waals surface area (Å²) in [5.41, 5.74) is 0.190. The lowest BCUT2D eigenvalue weighted by Gasteiger charge is -2.23. The number of benzene rings is 3. The van der Waals surface area contributed by atoms with Gasteiger partial charge in [0, 0.05) is 11.6 Å². The van der Waals surface area contributed by atoms with Crippen LogP contribution in [0.5, 0.6) is 0 Å². The molecule has 30 heavy (non-hydrogen) atoms. The Morgan fingerprint density at radius 1 is 0.900 bits per heavy atom. The zero-order valence-corrected chi connectivity index (χ0v) is 17.1. The summed E-state index contributed by atoms with van der Waals surface area (Å²) in [6.45, 7) is 0. The van der Waals surface area contributed by atoms with Gasteiger partial charge in [-0.25, -0.2) is 8.42 Å². The first kappa shape index (κ1) is 21.6. The minimum absolute atomic E-state index is 0.259. The van der Waals surface area contributed by atoms with E-state index in [1.807, 2.05) is 0 Å². The normalized spacial score (nSPS) is 13.4. The van der Waals surface area contributed by atoms with E-state index in [-0.39, 0.29) is 5.56 Å².